The molecule has 14 heavy (non-hydrogen) atoms. The van der Waals surface area contributed by atoms with E-state index in [1.54, 1.807) is 0 Å². The van der Waals surface area contributed by atoms with Crippen molar-refractivity contribution in [3.05, 3.63) is 23.8 Å². The standard InChI is InChI=1S/C10H14N2O2/c1-2-8-6-9(12-7-11-8)4-3-5-10(13)14/h6-7H,2-5H2,1H3,(H,13,14). The number of hydrogen-bond acceptors (Lipinski definition) is 3. The average Bonchev–Trinajstić information content (AvgIpc) is 2.18. The first-order valence-corrected chi connectivity index (χ1v) is 4.74. The van der Waals surface area contributed by atoms with Gasteiger partial charge >= 0.3 is 5.97 Å². The Bertz CT molecular complexity index is 313. The summed E-state index contributed by atoms with van der Waals surface area (Å²) in [7, 11) is 0. The molecule has 1 heterocycles. The van der Waals surface area contributed by atoms with E-state index in [2.05, 4.69) is 9.97 Å². The minimum atomic E-state index is -0.755. The molecule has 0 aromatic carbocycles. The topological polar surface area (TPSA) is 63.1 Å². The van der Waals surface area contributed by atoms with Crippen molar-refractivity contribution in [3.63, 3.8) is 0 Å². The smallest absolute Gasteiger partial charge is 0.303 e. The molecule has 4 heteroatoms. The van der Waals surface area contributed by atoms with Crippen molar-refractivity contribution in [2.45, 2.75) is 32.6 Å². The molecule has 0 saturated heterocycles. The molecule has 0 unspecified atom stereocenters. The van der Waals surface area contributed by atoms with E-state index in [9.17, 15) is 4.79 Å². The van der Waals surface area contributed by atoms with E-state index in [0.29, 0.717) is 12.8 Å². The van der Waals surface area contributed by atoms with Crippen LogP contribution in [-0.4, -0.2) is 21.0 Å². The van der Waals surface area contributed by atoms with Crippen LogP contribution < -0.4 is 0 Å². The second-order valence-corrected chi connectivity index (χ2v) is 3.10. The summed E-state index contributed by atoms with van der Waals surface area (Å²) >= 11 is 0. The van der Waals surface area contributed by atoms with E-state index in [-0.39, 0.29) is 6.42 Å². The minimum absolute atomic E-state index is 0.200. The zero-order valence-corrected chi connectivity index (χ0v) is 8.23. The Balaban J connectivity index is 2.46. The second-order valence-electron chi connectivity index (χ2n) is 3.10. The molecule has 0 fully saturated rings. The molecule has 0 atom stereocenters. The van der Waals surface area contributed by atoms with Crippen molar-refractivity contribution in [1.82, 2.24) is 9.97 Å². The summed E-state index contributed by atoms with van der Waals surface area (Å²) in [6.07, 6.45) is 3.96. The Kier molecular flexibility index (Phi) is 4.04. The number of aromatic nitrogens is 2. The SMILES string of the molecule is CCc1cc(CCCC(=O)O)ncn1. The summed E-state index contributed by atoms with van der Waals surface area (Å²) in [6.45, 7) is 2.03. The number of aryl methyl sites for hydroxylation is 2. The first-order chi connectivity index (χ1) is 6.72. The molecule has 4 nitrogen and oxygen atoms in total. The number of carboxylic acids is 1. The molecule has 0 aliphatic carbocycles. The van der Waals surface area contributed by atoms with Crippen molar-refractivity contribution < 1.29 is 9.90 Å². The fourth-order valence-corrected chi connectivity index (χ4v) is 1.19. The van der Waals surface area contributed by atoms with Crippen molar-refractivity contribution in [1.29, 1.82) is 0 Å². The Morgan fingerprint density at radius 1 is 1.43 bits per heavy atom. The lowest BCUT2D eigenvalue weighted by Gasteiger charge is -2.00. The van der Waals surface area contributed by atoms with E-state index in [0.717, 1.165) is 17.8 Å². The predicted octanol–water partition coefficient (Wildman–Crippen LogP) is 1.45. The van der Waals surface area contributed by atoms with Crippen LogP contribution in [0.1, 0.15) is 31.2 Å². The first-order valence-electron chi connectivity index (χ1n) is 4.74. The predicted molar refractivity (Wildman–Crippen MR) is 52.0 cm³/mol. The monoisotopic (exact) mass is 194 g/mol. The molecule has 76 valence electrons. The van der Waals surface area contributed by atoms with Crippen LogP contribution in [0.4, 0.5) is 0 Å². The van der Waals surface area contributed by atoms with Gasteiger partial charge in [0, 0.05) is 17.8 Å². The van der Waals surface area contributed by atoms with Gasteiger partial charge in [-0.3, -0.25) is 4.79 Å². The lowest BCUT2D eigenvalue weighted by molar-refractivity contribution is -0.137. The molecule has 0 amide bonds. The third-order valence-corrected chi connectivity index (χ3v) is 1.97. The maximum Gasteiger partial charge on any atom is 0.303 e. The molecule has 1 rings (SSSR count). The van der Waals surface area contributed by atoms with E-state index in [1.807, 2.05) is 13.0 Å². The van der Waals surface area contributed by atoms with Gasteiger partial charge in [0.1, 0.15) is 6.33 Å². The third kappa shape index (κ3) is 3.51. The normalized spacial score (nSPS) is 10.1. The molecule has 0 bridgehead atoms. The van der Waals surface area contributed by atoms with Crippen LogP contribution in [0.2, 0.25) is 0 Å². The molecule has 0 spiro atoms. The number of nitrogens with zero attached hydrogens (tertiary/aromatic N) is 2. The van der Waals surface area contributed by atoms with Crippen LogP contribution in [0.25, 0.3) is 0 Å². The van der Waals surface area contributed by atoms with E-state index >= 15 is 0 Å². The van der Waals surface area contributed by atoms with Crippen LogP contribution >= 0.6 is 0 Å². The molecule has 1 N–H and O–H groups in total. The van der Waals surface area contributed by atoms with Crippen LogP contribution in [0, 0.1) is 0 Å². The van der Waals surface area contributed by atoms with Gasteiger partial charge in [0.15, 0.2) is 0 Å². The van der Waals surface area contributed by atoms with Gasteiger partial charge in [-0.2, -0.15) is 0 Å². The molecule has 1 aromatic heterocycles. The van der Waals surface area contributed by atoms with Gasteiger partial charge in [-0.1, -0.05) is 6.92 Å². The summed E-state index contributed by atoms with van der Waals surface area (Å²) in [5.74, 6) is -0.755. The van der Waals surface area contributed by atoms with Gasteiger partial charge in [-0.15, -0.1) is 0 Å². The molecule has 0 saturated carbocycles. The van der Waals surface area contributed by atoms with Gasteiger partial charge in [0.05, 0.1) is 0 Å². The van der Waals surface area contributed by atoms with Crippen molar-refractivity contribution in [2.75, 3.05) is 0 Å². The summed E-state index contributed by atoms with van der Waals surface area (Å²) in [4.78, 5) is 18.4. The number of hydrogen-bond donors (Lipinski definition) is 1. The fourth-order valence-electron chi connectivity index (χ4n) is 1.19. The van der Waals surface area contributed by atoms with E-state index in [4.69, 9.17) is 5.11 Å². The fraction of sp³-hybridized carbons (Fsp3) is 0.500. The lowest BCUT2D eigenvalue weighted by Crippen LogP contribution is -1.99. The van der Waals surface area contributed by atoms with Crippen molar-refractivity contribution in [3.8, 4) is 0 Å². The van der Waals surface area contributed by atoms with Gasteiger partial charge in [0.2, 0.25) is 0 Å². The van der Waals surface area contributed by atoms with E-state index in [1.165, 1.54) is 6.33 Å². The summed E-state index contributed by atoms with van der Waals surface area (Å²) in [5.41, 5.74) is 1.93. The maximum atomic E-state index is 10.3. The van der Waals surface area contributed by atoms with Crippen LogP contribution in [0.5, 0.6) is 0 Å². The maximum absolute atomic E-state index is 10.3. The van der Waals surface area contributed by atoms with Crippen LogP contribution in [0.15, 0.2) is 12.4 Å². The highest BCUT2D eigenvalue weighted by molar-refractivity contribution is 5.66. The Morgan fingerprint density at radius 3 is 2.79 bits per heavy atom. The highest BCUT2D eigenvalue weighted by Gasteiger charge is 2.00. The first kappa shape index (κ1) is 10.6. The Morgan fingerprint density at radius 2 is 2.14 bits per heavy atom. The summed E-state index contributed by atoms with van der Waals surface area (Å²) in [6, 6.07) is 1.93. The quantitative estimate of drug-likeness (QED) is 0.770. The summed E-state index contributed by atoms with van der Waals surface area (Å²) < 4.78 is 0. The van der Waals surface area contributed by atoms with E-state index < -0.39 is 5.97 Å². The average molecular weight is 194 g/mol. The van der Waals surface area contributed by atoms with Crippen molar-refractivity contribution >= 4 is 5.97 Å². The minimum Gasteiger partial charge on any atom is -0.481 e. The molecular weight excluding hydrogens is 180 g/mol. The largest absolute Gasteiger partial charge is 0.481 e. The third-order valence-electron chi connectivity index (χ3n) is 1.97. The zero-order valence-electron chi connectivity index (χ0n) is 8.23. The number of carbonyl (C=O) groups is 1. The molecule has 1 aromatic rings. The number of carboxylic acid groups (broad SMARTS) is 1. The zero-order chi connectivity index (χ0) is 10.4. The second kappa shape index (κ2) is 5.32. The lowest BCUT2D eigenvalue weighted by atomic mass is 10.1. The molecular formula is C10H14N2O2. The Labute approximate surface area is 83.0 Å². The van der Waals surface area contributed by atoms with Crippen LogP contribution in [0.3, 0.4) is 0 Å². The molecule has 0 radical (unpaired) electrons. The Hall–Kier alpha value is -1.45. The van der Waals surface area contributed by atoms with Gasteiger partial charge in [-0.25, -0.2) is 9.97 Å². The number of rotatable bonds is 5. The van der Waals surface area contributed by atoms with Crippen LogP contribution in [-0.2, 0) is 17.6 Å². The molecule has 0 aliphatic rings. The van der Waals surface area contributed by atoms with Gasteiger partial charge in [0.25, 0.3) is 0 Å². The van der Waals surface area contributed by atoms with Gasteiger partial charge in [-0.05, 0) is 25.3 Å². The summed E-state index contributed by atoms with van der Waals surface area (Å²) in [5, 5.41) is 8.46. The number of aliphatic carboxylic acids is 1. The van der Waals surface area contributed by atoms with Gasteiger partial charge < -0.3 is 5.11 Å². The van der Waals surface area contributed by atoms with Crippen molar-refractivity contribution in [2.24, 2.45) is 0 Å². The molecule has 0 aliphatic heterocycles. The highest BCUT2D eigenvalue weighted by atomic mass is 16.4. The highest BCUT2D eigenvalue weighted by Crippen LogP contribution is 2.03.